The Bertz CT molecular complexity index is 372. The lowest BCUT2D eigenvalue weighted by atomic mass is 10.3. The van der Waals surface area contributed by atoms with E-state index in [1.807, 2.05) is 4.90 Å². The van der Waals surface area contributed by atoms with Crippen LogP contribution in [0.15, 0.2) is 5.16 Å². The molecule has 0 bridgehead atoms. The minimum Gasteiger partial charge on any atom is -0.409 e. The van der Waals surface area contributed by atoms with Crippen molar-refractivity contribution in [2.24, 2.45) is 10.9 Å². The molecule has 1 aliphatic heterocycles. The fraction of sp³-hybridized carbons (Fsp3) is 0.889. The highest BCUT2D eigenvalue weighted by Gasteiger charge is 2.29. The second kappa shape index (κ2) is 5.65. The van der Waals surface area contributed by atoms with Gasteiger partial charge in [0.2, 0.25) is 10.0 Å². The molecule has 1 heterocycles. The molecule has 17 heavy (non-hydrogen) atoms. The van der Waals surface area contributed by atoms with Gasteiger partial charge in [0.1, 0.15) is 0 Å². The van der Waals surface area contributed by atoms with Gasteiger partial charge >= 0.3 is 0 Å². The molecule has 0 atom stereocenters. The van der Waals surface area contributed by atoms with Crippen LogP contribution in [0.4, 0.5) is 0 Å². The second-order valence-electron chi connectivity index (χ2n) is 4.36. The first kappa shape index (κ1) is 14.2. The molecule has 0 unspecified atom stereocenters. The zero-order valence-electron chi connectivity index (χ0n) is 10.2. The summed E-state index contributed by atoms with van der Waals surface area (Å²) in [6, 6.07) is 0. The number of hydrogen-bond donors (Lipinski definition) is 2. The zero-order chi connectivity index (χ0) is 13.1. The maximum Gasteiger partial charge on any atom is 0.216 e. The second-order valence-corrected chi connectivity index (χ2v) is 6.85. The average Bonchev–Trinajstić information content (AvgIpc) is 2.29. The lowest BCUT2D eigenvalue weighted by Gasteiger charge is -2.34. The van der Waals surface area contributed by atoms with E-state index < -0.39 is 15.3 Å². The summed E-state index contributed by atoms with van der Waals surface area (Å²) in [6.45, 7) is 5.84. The Kier molecular flexibility index (Phi) is 4.72. The van der Waals surface area contributed by atoms with Crippen LogP contribution in [0.3, 0.4) is 0 Å². The zero-order valence-corrected chi connectivity index (χ0v) is 11.0. The summed E-state index contributed by atoms with van der Waals surface area (Å²) in [5.74, 6) is 0.144. The van der Waals surface area contributed by atoms with Gasteiger partial charge in [0.15, 0.2) is 5.84 Å². The van der Waals surface area contributed by atoms with Crippen LogP contribution in [-0.2, 0) is 10.0 Å². The molecule has 0 aliphatic carbocycles. The molecule has 0 amide bonds. The van der Waals surface area contributed by atoms with E-state index in [1.165, 1.54) is 4.31 Å². The third-order valence-electron chi connectivity index (χ3n) is 2.80. The fourth-order valence-corrected chi connectivity index (χ4v) is 2.97. The van der Waals surface area contributed by atoms with Gasteiger partial charge in [-0.3, -0.25) is 4.90 Å². The molecule has 1 fully saturated rings. The Labute approximate surface area is 102 Å². The minimum atomic E-state index is -3.16. The van der Waals surface area contributed by atoms with E-state index >= 15 is 0 Å². The molecule has 0 spiro atoms. The molecule has 3 N–H and O–H groups in total. The van der Waals surface area contributed by atoms with E-state index in [9.17, 15) is 8.42 Å². The standard InChI is InChI=1S/C9H20N4O3S/c1-8(2)17(15,16)13-5-3-12(4-6-13)7-9(10)11-14/h8,14H,3-7H2,1-2H3,(H2,10,11). The van der Waals surface area contributed by atoms with E-state index in [0.717, 1.165) is 0 Å². The summed E-state index contributed by atoms with van der Waals surface area (Å²) < 4.78 is 25.3. The highest BCUT2D eigenvalue weighted by Crippen LogP contribution is 2.11. The van der Waals surface area contributed by atoms with E-state index in [0.29, 0.717) is 32.7 Å². The van der Waals surface area contributed by atoms with Gasteiger partial charge in [-0.15, -0.1) is 0 Å². The number of nitrogens with two attached hydrogens (primary N) is 1. The van der Waals surface area contributed by atoms with Crippen LogP contribution in [0, 0.1) is 0 Å². The van der Waals surface area contributed by atoms with Crippen LogP contribution < -0.4 is 5.73 Å². The molecule has 7 nitrogen and oxygen atoms in total. The Morgan fingerprint density at radius 1 is 1.35 bits per heavy atom. The minimum absolute atomic E-state index is 0.144. The first-order valence-corrected chi connectivity index (χ1v) is 7.06. The van der Waals surface area contributed by atoms with Gasteiger partial charge in [-0.2, -0.15) is 4.31 Å². The number of hydrogen-bond acceptors (Lipinski definition) is 5. The number of rotatable bonds is 4. The Hall–Kier alpha value is -0.860. The smallest absolute Gasteiger partial charge is 0.216 e. The molecule has 1 saturated heterocycles. The Balaban J connectivity index is 2.52. The Morgan fingerprint density at radius 3 is 2.29 bits per heavy atom. The van der Waals surface area contributed by atoms with Crippen molar-refractivity contribution in [2.75, 3.05) is 32.7 Å². The van der Waals surface area contributed by atoms with Crippen LogP contribution in [0.1, 0.15) is 13.8 Å². The molecule has 8 heteroatoms. The largest absolute Gasteiger partial charge is 0.409 e. The van der Waals surface area contributed by atoms with Gasteiger partial charge in [0, 0.05) is 26.2 Å². The lowest BCUT2D eigenvalue weighted by molar-refractivity contribution is 0.205. The van der Waals surface area contributed by atoms with Crippen LogP contribution in [0.2, 0.25) is 0 Å². The first-order valence-electron chi connectivity index (χ1n) is 5.55. The lowest BCUT2D eigenvalue weighted by Crippen LogP contribution is -2.51. The van der Waals surface area contributed by atoms with Gasteiger partial charge in [0.05, 0.1) is 11.8 Å². The van der Waals surface area contributed by atoms with Gasteiger partial charge in [-0.05, 0) is 13.8 Å². The SMILES string of the molecule is CC(C)S(=O)(=O)N1CCN(C/C(N)=N/O)CC1. The van der Waals surface area contributed by atoms with Crippen molar-refractivity contribution in [2.45, 2.75) is 19.1 Å². The summed E-state index contributed by atoms with van der Waals surface area (Å²) in [4.78, 5) is 1.96. The summed E-state index contributed by atoms with van der Waals surface area (Å²) in [7, 11) is -3.16. The molecule has 0 aromatic rings. The number of sulfonamides is 1. The summed E-state index contributed by atoms with van der Waals surface area (Å²) in [5.41, 5.74) is 5.40. The maximum atomic E-state index is 11.9. The van der Waals surface area contributed by atoms with Crippen LogP contribution in [0.5, 0.6) is 0 Å². The summed E-state index contributed by atoms with van der Waals surface area (Å²) in [6.07, 6.45) is 0. The van der Waals surface area contributed by atoms with Crippen molar-refractivity contribution in [1.82, 2.24) is 9.21 Å². The van der Waals surface area contributed by atoms with Gasteiger partial charge in [-0.1, -0.05) is 5.16 Å². The van der Waals surface area contributed by atoms with Crippen LogP contribution in [0.25, 0.3) is 0 Å². The molecule has 0 radical (unpaired) electrons. The number of nitrogens with zero attached hydrogens (tertiary/aromatic N) is 3. The predicted octanol–water partition coefficient (Wildman–Crippen LogP) is -0.911. The van der Waals surface area contributed by atoms with Crippen molar-refractivity contribution in [3.63, 3.8) is 0 Å². The van der Waals surface area contributed by atoms with Crippen molar-refractivity contribution < 1.29 is 13.6 Å². The molecule has 0 saturated carbocycles. The van der Waals surface area contributed by atoms with Gasteiger partial charge in [0.25, 0.3) is 0 Å². The quantitative estimate of drug-likeness (QED) is 0.296. The molecule has 1 aliphatic rings. The van der Waals surface area contributed by atoms with Crippen molar-refractivity contribution >= 4 is 15.9 Å². The molecule has 0 aromatic carbocycles. The number of oxime groups is 1. The van der Waals surface area contributed by atoms with E-state index in [1.54, 1.807) is 13.8 Å². The molecular weight excluding hydrogens is 244 g/mol. The van der Waals surface area contributed by atoms with Crippen molar-refractivity contribution in [3.8, 4) is 0 Å². The fourth-order valence-electron chi connectivity index (χ4n) is 1.70. The third-order valence-corrected chi connectivity index (χ3v) is 5.08. The monoisotopic (exact) mass is 264 g/mol. The van der Waals surface area contributed by atoms with Crippen molar-refractivity contribution in [3.05, 3.63) is 0 Å². The highest BCUT2D eigenvalue weighted by atomic mass is 32.2. The third kappa shape index (κ3) is 3.55. The normalized spacial score (nSPS) is 21.0. The molecule has 100 valence electrons. The molecular formula is C9H20N4O3S. The van der Waals surface area contributed by atoms with Gasteiger partial charge in [-0.25, -0.2) is 8.42 Å². The number of piperazine rings is 1. The van der Waals surface area contributed by atoms with Crippen LogP contribution >= 0.6 is 0 Å². The topological polar surface area (TPSA) is 99.2 Å². The summed E-state index contributed by atoms with van der Waals surface area (Å²) >= 11 is 0. The average molecular weight is 264 g/mol. The Morgan fingerprint density at radius 2 is 1.88 bits per heavy atom. The maximum absolute atomic E-state index is 11.9. The van der Waals surface area contributed by atoms with Crippen molar-refractivity contribution in [1.29, 1.82) is 0 Å². The van der Waals surface area contributed by atoms with Gasteiger partial charge < -0.3 is 10.9 Å². The van der Waals surface area contributed by atoms with E-state index in [4.69, 9.17) is 10.9 Å². The highest BCUT2D eigenvalue weighted by molar-refractivity contribution is 7.89. The first-order chi connectivity index (χ1) is 7.87. The molecule has 0 aromatic heterocycles. The summed E-state index contributed by atoms with van der Waals surface area (Å²) in [5, 5.41) is 11.0. The van der Waals surface area contributed by atoms with E-state index in [2.05, 4.69) is 5.16 Å². The number of amidine groups is 1. The molecule has 1 rings (SSSR count). The van der Waals surface area contributed by atoms with Crippen LogP contribution in [-0.4, -0.2) is 66.6 Å². The predicted molar refractivity (Wildman–Crippen MR) is 65.5 cm³/mol. The van der Waals surface area contributed by atoms with E-state index in [-0.39, 0.29) is 5.84 Å².